The van der Waals surface area contributed by atoms with Crippen LogP contribution < -0.4 is 10.1 Å². The first-order valence-electron chi connectivity index (χ1n) is 10.7. The van der Waals surface area contributed by atoms with E-state index in [9.17, 15) is 4.79 Å². The fourth-order valence-corrected chi connectivity index (χ4v) is 6.22. The lowest BCUT2D eigenvalue weighted by atomic mass is 9.48. The Kier molecular flexibility index (Phi) is 5.05. The zero-order chi connectivity index (χ0) is 19.0. The van der Waals surface area contributed by atoms with E-state index >= 15 is 0 Å². The summed E-state index contributed by atoms with van der Waals surface area (Å²) in [6.07, 6.45) is 12.0. The van der Waals surface area contributed by atoms with Gasteiger partial charge >= 0.3 is 0 Å². The average molecular weight is 368 g/mol. The summed E-state index contributed by atoms with van der Waals surface area (Å²) in [7, 11) is 0. The number of carbonyl (C=O) groups is 1. The van der Waals surface area contributed by atoms with Crippen LogP contribution in [-0.2, 0) is 4.79 Å². The second-order valence-electron chi connectivity index (χ2n) is 9.58. The quantitative estimate of drug-likeness (QED) is 0.701. The van der Waals surface area contributed by atoms with E-state index in [2.05, 4.69) is 12.2 Å². The van der Waals surface area contributed by atoms with Crippen molar-refractivity contribution in [1.29, 1.82) is 0 Å². The van der Waals surface area contributed by atoms with Crippen molar-refractivity contribution in [3.05, 3.63) is 35.9 Å². The molecule has 4 aliphatic rings. The molecule has 3 heteroatoms. The van der Waals surface area contributed by atoms with Gasteiger partial charge in [0.2, 0.25) is 5.91 Å². The van der Waals surface area contributed by atoms with Gasteiger partial charge in [-0.15, -0.1) is 0 Å². The summed E-state index contributed by atoms with van der Waals surface area (Å²) < 4.78 is 5.66. The number of benzene rings is 1. The van der Waals surface area contributed by atoms with Crippen molar-refractivity contribution in [3.63, 3.8) is 0 Å². The van der Waals surface area contributed by atoms with Gasteiger partial charge in [0.05, 0.1) is 6.10 Å². The first-order valence-corrected chi connectivity index (χ1v) is 10.7. The first kappa shape index (κ1) is 18.6. The number of rotatable bonds is 6. The van der Waals surface area contributed by atoms with E-state index < -0.39 is 0 Å². The number of carbonyl (C=O) groups excluding carboxylic acids is 1. The van der Waals surface area contributed by atoms with E-state index in [0.29, 0.717) is 5.41 Å². The van der Waals surface area contributed by atoms with Crippen LogP contribution in [0.25, 0.3) is 6.08 Å². The highest BCUT2D eigenvalue weighted by molar-refractivity contribution is 5.91. The Labute approximate surface area is 163 Å². The second-order valence-corrected chi connectivity index (χ2v) is 9.58. The number of nitrogens with one attached hydrogen (secondary N) is 1. The van der Waals surface area contributed by atoms with Crippen molar-refractivity contribution in [2.24, 2.45) is 23.2 Å². The van der Waals surface area contributed by atoms with Crippen molar-refractivity contribution in [1.82, 2.24) is 5.32 Å². The highest BCUT2D eigenvalue weighted by atomic mass is 16.5. The minimum absolute atomic E-state index is 0.0285. The average Bonchev–Trinajstić information content (AvgIpc) is 2.59. The molecule has 0 radical (unpaired) electrons. The van der Waals surface area contributed by atoms with Crippen LogP contribution in [-0.4, -0.2) is 18.1 Å². The van der Waals surface area contributed by atoms with Crippen molar-refractivity contribution in [3.8, 4) is 5.75 Å². The molecule has 1 amide bonds. The van der Waals surface area contributed by atoms with Crippen LogP contribution in [0.5, 0.6) is 5.75 Å². The van der Waals surface area contributed by atoms with Crippen LogP contribution >= 0.6 is 0 Å². The van der Waals surface area contributed by atoms with Gasteiger partial charge in [-0.1, -0.05) is 12.1 Å². The van der Waals surface area contributed by atoms with Crippen molar-refractivity contribution >= 4 is 12.0 Å². The lowest BCUT2D eigenvalue weighted by molar-refractivity contribution is -0.121. The fraction of sp³-hybridized carbons (Fsp3) is 0.625. The Morgan fingerprint density at radius 2 is 1.59 bits per heavy atom. The topological polar surface area (TPSA) is 38.3 Å². The Hall–Kier alpha value is -1.77. The van der Waals surface area contributed by atoms with Crippen LogP contribution in [0, 0.1) is 23.2 Å². The van der Waals surface area contributed by atoms with Gasteiger partial charge in [0, 0.05) is 12.1 Å². The van der Waals surface area contributed by atoms with Gasteiger partial charge in [-0.3, -0.25) is 4.79 Å². The molecule has 5 rings (SSSR count). The zero-order valence-electron chi connectivity index (χ0n) is 16.9. The van der Waals surface area contributed by atoms with E-state index in [0.717, 1.165) is 29.1 Å². The molecule has 27 heavy (non-hydrogen) atoms. The van der Waals surface area contributed by atoms with E-state index in [1.807, 2.05) is 44.2 Å². The summed E-state index contributed by atoms with van der Waals surface area (Å²) in [5, 5.41) is 3.29. The molecule has 1 unspecified atom stereocenters. The monoisotopic (exact) mass is 367 g/mol. The fourth-order valence-electron chi connectivity index (χ4n) is 6.22. The molecule has 146 valence electrons. The lowest BCUT2D eigenvalue weighted by Crippen LogP contribution is -2.55. The molecular weight excluding hydrogens is 334 g/mol. The largest absolute Gasteiger partial charge is 0.491 e. The predicted octanol–water partition coefficient (Wildman–Crippen LogP) is 5.21. The predicted molar refractivity (Wildman–Crippen MR) is 109 cm³/mol. The summed E-state index contributed by atoms with van der Waals surface area (Å²) in [6.45, 7) is 6.27. The number of hydrogen-bond acceptors (Lipinski definition) is 2. The van der Waals surface area contributed by atoms with Gasteiger partial charge < -0.3 is 10.1 Å². The maximum Gasteiger partial charge on any atom is 0.244 e. The molecule has 1 N–H and O–H groups in total. The third-order valence-corrected chi connectivity index (χ3v) is 7.04. The summed E-state index contributed by atoms with van der Waals surface area (Å²) >= 11 is 0. The highest BCUT2D eigenvalue weighted by Gasteiger charge is 2.53. The zero-order valence-corrected chi connectivity index (χ0v) is 16.9. The molecule has 1 aromatic carbocycles. The van der Waals surface area contributed by atoms with E-state index in [-0.39, 0.29) is 18.1 Å². The Balaban J connectivity index is 1.34. The highest BCUT2D eigenvalue weighted by Crippen LogP contribution is 2.61. The van der Waals surface area contributed by atoms with Gasteiger partial charge in [0.25, 0.3) is 0 Å². The first-order chi connectivity index (χ1) is 12.9. The SMILES string of the molecule is CC(C)Oc1ccc(/C=C/C(=O)NC(C)C23CC4CC(CC(C4)C2)C3)cc1. The number of hydrogen-bond donors (Lipinski definition) is 1. The van der Waals surface area contributed by atoms with E-state index in [1.54, 1.807) is 6.08 Å². The van der Waals surface area contributed by atoms with Gasteiger partial charge in [0.15, 0.2) is 0 Å². The van der Waals surface area contributed by atoms with Crippen molar-refractivity contribution in [2.45, 2.75) is 71.4 Å². The molecule has 4 fully saturated rings. The molecule has 1 atom stereocenters. The third kappa shape index (κ3) is 4.07. The molecule has 0 aliphatic heterocycles. The van der Waals surface area contributed by atoms with Gasteiger partial charge in [-0.05, 0) is 106 Å². The number of amides is 1. The summed E-state index contributed by atoms with van der Waals surface area (Å²) in [6, 6.07) is 8.16. The van der Waals surface area contributed by atoms with E-state index in [4.69, 9.17) is 4.74 Å². The maximum atomic E-state index is 12.5. The molecular formula is C24H33NO2. The molecule has 4 bridgehead atoms. The lowest BCUT2D eigenvalue weighted by Gasteiger charge is -2.59. The van der Waals surface area contributed by atoms with Gasteiger partial charge in [-0.25, -0.2) is 0 Å². The number of ether oxygens (including phenoxy) is 1. The molecule has 4 aliphatic carbocycles. The summed E-state index contributed by atoms with van der Waals surface area (Å²) in [5.74, 6) is 3.64. The van der Waals surface area contributed by atoms with Crippen LogP contribution in [0.1, 0.15) is 64.9 Å². The van der Waals surface area contributed by atoms with Crippen LogP contribution in [0.2, 0.25) is 0 Å². The normalized spacial score (nSPS) is 32.8. The van der Waals surface area contributed by atoms with Crippen molar-refractivity contribution < 1.29 is 9.53 Å². The van der Waals surface area contributed by atoms with Gasteiger partial charge in [-0.2, -0.15) is 0 Å². The van der Waals surface area contributed by atoms with Gasteiger partial charge in [0.1, 0.15) is 5.75 Å². The standard InChI is InChI=1S/C24H33NO2/c1-16(2)27-22-7-4-18(5-8-22)6-9-23(26)25-17(3)24-13-19-10-20(14-24)12-21(11-19)15-24/h4-9,16-17,19-21H,10-15H2,1-3H3,(H,25,26)/b9-6+. The van der Waals surface area contributed by atoms with Crippen LogP contribution in [0.3, 0.4) is 0 Å². The summed E-state index contributed by atoms with van der Waals surface area (Å²) in [5.41, 5.74) is 1.37. The maximum absolute atomic E-state index is 12.5. The van der Waals surface area contributed by atoms with E-state index in [1.165, 1.54) is 38.5 Å². The van der Waals surface area contributed by atoms with Crippen LogP contribution in [0.15, 0.2) is 30.3 Å². The molecule has 0 spiro atoms. The minimum Gasteiger partial charge on any atom is -0.491 e. The minimum atomic E-state index is 0.0285. The third-order valence-electron chi connectivity index (χ3n) is 7.04. The molecule has 0 aromatic heterocycles. The molecule has 0 heterocycles. The van der Waals surface area contributed by atoms with Crippen LogP contribution in [0.4, 0.5) is 0 Å². The molecule has 3 nitrogen and oxygen atoms in total. The Bertz CT molecular complexity index is 668. The second kappa shape index (κ2) is 7.33. The molecule has 1 aromatic rings. The molecule has 0 saturated heterocycles. The Morgan fingerprint density at radius 3 is 2.11 bits per heavy atom. The molecule has 4 saturated carbocycles. The van der Waals surface area contributed by atoms with Crippen molar-refractivity contribution in [2.75, 3.05) is 0 Å². The Morgan fingerprint density at radius 1 is 1.04 bits per heavy atom. The smallest absolute Gasteiger partial charge is 0.244 e. The summed E-state index contributed by atoms with van der Waals surface area (Å²) in [4.78, 5) is 12.5.